The SMILES string of the molecule is Cc1cc(C)cc(C)c1.Oc1ccccc1.Oc1ccccc1.Oc1ccccc1.c1ccccc1. The van der Waals surface area contributed by atoms with Crippen molar-refractivity contribution in [2.24, 2.45) is 0 Å². The highest BCUT2D eigenvalue weighted by Crippen LogP contribution is 2.06. The number of phenols is 3. The molecule has 0 atom stereocenters. The van der Waals surface area contributed by atoms with Crippen molar-refractivity contribution in [2.45, 2.75) is 20.8 Å². The number of aryl methyl sites for hydroxylation is 3. The first-order valence-electron chi connectivity index (χ1n) is 11.6. The molecule has 36 heavy (non-hydrogen) atoms. The highest BCUT2D eigenvalue weighted by atomic mass is 16.3. The lowest BCUT2D eigenvalue weighted by atomic mass is 10.1. The van der Waals surface area contributed by atoms with Gasteiger partial charge in [0.1, 0.15) is 17.2 Å². The normalized spacial score (nSPS) is 8.75. The van der Waals surface area contributed by atoms with Gasteiger partial charge < -0.3 is 15.3 Å². The van der Waals surface area contributed by atoms with Crippen LogP contribution in [0.25, 0.3) is 0 Å². The van der Waals surface area contributed by atoms with Crippen LogP contribution in [0, 0.1) is 20.8 Å². The summed E-state index contributed by atoms with van der Waals surface area (Å²) < 4.78 is 0. The quantitative estimate of drug-likeness (QED) is 0.208. The summed E-state index contributed by atoms with van der Waals surface area (Å²) in [5.74, 6) is 0.965. The highest BCUT2D eigenvalue weighted by molar-refractivity contribution is 5.27. The van der Waals surface area contributed by atoms with Gasteiger partial charge in [0, 0.05) is 0 Å². The topological polar surface area (TPSA) is 60.7 Å². The highest BCUT2D eigenvalue weighted by Gasteiger charge is 1.87. The lowest BCUT2D eigenvalue weighted by Crippen LogP contribution is -1.78. The largest absolute Gasteiger partial charge is 0.508 e. The predicted molar refractivity (Wildman–Crippen MR) is 151 cm³/mol. The second kappa shape index (κ2) is 18.9. The molecule has 5 aromatic carbocycles. The van der Waals surface area contributed by atoms with Crippen LogP contribution in [0.2, 0.25) is 0 Å². The maximum Gasteiger partial charge on any atom is 0.115 e. The molecule has 0 aliphatic carbocycles. The Morgan fingerprint density at radius 1 is 0.306 bits per heavy atom. The smallest absolute Gasteiger partial charge is 0.115 e. The zero-order valence-corrected chi connectivity index (χ0v) is 21.2. The minimum atomic E-state index is 0.322. The fraction of sp³-hybridized carbons (Fsp3) is 0.0909. The first-order valence-corrected chi connectivity index (χ1v) is 11.6. The van der Waals surface area contributed by atoms with Crippen LogP contribution >= 0.6 is 0 Å². The second-order valence-corrected chi connectivity index (χ2v) is 7.83. The molecular formula is C33H36O3. The van der Waals surface area contributed by atoms with E-state index in [1.165, 1.54) is 16.7 Å². The third-order valence-corrected chi connectivity index (χ3v) is 4.30. The fourth-order valence-electron chi connectivity index (χ4n) is 2.87. The molecule has 0 amide bonds. The number of hydrogen-bond donors (Lipinski definition) is 3. The molecule has 0 radical (unpaired) electrons. The Morgan fingerprint density at radius 2 is 0.472 bits per heavy atom. The van der Waals surface area contributed by atoms with Crippen LogP contribution in [0.4, 0.5) is 0 Å². The van der Waals surface area contributed by atoms with Crippen molar-refractivity contribution in [3.8, 4) is 17.2 Å². The number of phenolic OH excluding ortho intramolecular Hbond substituents is 3. The monoisotopic (exact) mass is 480 g/mol. The van der Waals surface area contributed by atoms with E-state index in [1.54, 1.807) is 72.8 Å². The molecule has 0 aromatic heterocycles. The Bertz CT molecular complexity index is 995. The minimum Gasteiger partial charge on any atom is -0.508 e. The number of hydrogen-bond acceptors (Lipinski definition) is 3. The Labute approximate surface area is 215 Å². The lowest BCUT2D eigenvalue weighted by molar-refractivity contribution is 0.475. The fourth-order valence-corrected chi connectivity index (χ4v) is 2.87. The molecule has 3 nitrogen and oxygen atoms in total. The third kappa shape index (κ3) is 17.0. The summed E-state index contributed by atoms with van der Waals surface area (Å²) in [7, 11) is 0. The summed E-state index contributed by atoms with van der Waals surface area (Å²) in [6, 6.07) is 44.7. The van der Waals surface area contributed by atoms with Crippen molar-refractivity contribution in [3.63, 3.8) is 0 Å². The Morgan fingerprint density at radius 3 is 0.611 bits per heavy atom. The molecule has 0 unspecified atom stereocenters. The first-order chi connectivity index (χ1) is 17.4. The number of aromatic hydroxyl groups is 3. The minimum absolute atomic E-state index is 0.322. The summed E-state index contributed by atoms with van der Waals surface area (Å²) in [5, 5.41) is 25.9. The van der Waals surface area contributed by atoms with Gasteiger partial charge in [-0.3, -0.25) is 0 Å². The van der Waals surface area contributed by atoms with Gasteiger partial charge in [0.15, 0.2) is 0 Å². The maximum absolute atomic E-state index is 8.63. The molecule has 0 saturated heterocycles. The van der Waals surface area contributed by atoms with E-state index in [4.69, 9.17) is 15.3 Å². The zero-order chi connectivity index (χ0) is 26.4. The van der Waals surface area contributed by atoms with Crippen LogP contribution in [0.1, 0.15) is 16.7 Å². The van der Waals surface area contributed by atoms with Crippen LogP contribution in [-0.2, 0) is 0 Å². The van der Waals surface area contributed by atoms with Gasteiger partial charge >= 0.3 is 0 Å². The molecule has 5 aromatic rings. The average Bonchev–Trinajstić information content (AvgIpc) is 2.87. The average molecular weight is 481 g/mol. The molecule has 0 fully saturated rings. The Kier molecular flexibility index (Phi) is 15.5. The summed E-state index contributed by atoms with van der Waals surface area (Å²) in [6.45, 7) is 6.38. The molecule has 186 valence electrons. The summed E-state index contributed by atoms with van der Waals surface area (Å²) in [6.07, 6.45) is 0. The van der Waals surface area contributed by atoms with Crippen molar-refractivity contribution in [1.82, 2.24) is 0 Å². The van der Waals surface area contributed by atoms with E-state index in [0.717, 1.165) is 0 Å². The van der Waals surface area contributed by atoms with Gasteiger partial charge in [-0.25, -0.2) is 0 Å². The summed E-state index contributed by atoms with van der Waals surface area (Å²) in [4.78, 5) is 0. The zero-order valence-electron chi connectivity index (χ0n) is 21.2. The van der Waals surface area contributed by atoms with Crippen molar-refractivity contribution >= 4 is 0 Å². The predicted octanol–water partition coefficient (Wildman–Crippen LogP) is 8.48. The number of benzene rings is 5. The van der Waals surface area contributed by atoms with Crippen LogP contribution < -0.4 is 0 Å². The van der Waals surface area contributed by atoms with E-state index in [-0.39, 0.29) is 0 Å². The van der Waals surface area contributed by atoms with Crippen molar-refractivity contribution < 1.29 is 15.3 Å². The molecular weight excluding hydrogens is 444 g/mol. The van der Waals surface area contributed by atoms with E-state index < -0.39 is 0 Å². The third-order valence-electron chi connectivity index (χ3n) is 4.30. The van der Waals surface area contributed by atoms with Gasteiger partial charge in [-0.2, -0.15) is 0 Å². The van der Waals surface area contributed by atoms with Crippen molar-refractivity contribution in [3.05, 3.63) is 162 Å². The Balaban J connectivity index is 0.000000226. The number of para-hydroxylation sites is 3. The first kappa shape index (κ1) is 29.5. The van der Waals surface area contributed by atoms with E-state index >= 15 is 0 Å². The van der Waals surface area contributed by atoms with Gasteiger partial charge in [-0.1, -0.05) is 126 Å². The van der Waals surface area contributed by atoms with Gasteiger partial charge in [0.25, 0.3) is 0 Å². The lowest BCUT2D eigenvalue weighted by Gasteiger charge is -1.96. The molecule has 0 aliphatic heterocycles. The van der Waals surface area contributed by atoms with Gasteiger partial charge in [0.2, 0.25) is 0 Å². The molecule has 0 heterocycles. The van der Waals surface area contributed by atoms with E-state index in [2.05, 4.69) is 39.0 Å². The standard InChI is InChI=1S/C9H12.3C6H6O.C6H6/c1-7-4-8(2)6-9(3)5-7;3*7-6-4-2-1-3-5-6;1-2-4-6-5-3-1/h4-6H,1-3H3;3*1-5,7H;1-6H. The summed E-state index contributed by atoms with van der Waals surface area (Å²) in [5.41, 5.74) is 4.06. The van der Waals surface area contributed by atoms with E-state index in [0.29, 0.717) is 17.2 Å². The van der Waals surface area contributed by atoms with Gasteiger partial charge in [-0.15, -0.1) is 0 Å². The van der Waals surface area contributed by atoms with Crippen molar-refractivity contribution in [1.29, 1.82) is 0 Å². The van der Waals surface area contributed by atoms with E-state index in [1.807, 2.05) is 54.6 Å². The molecule has 0 aliphatic rings. The molecule has 3 N–H and O–H groups in total. The second-order valence-electron chi connectivity index (χ2n) is 7.83. The number of rotatable bonds is 0. The Hall–Kier alpha value is -4.50. The van der Waals surface area contributed by atoms with Gasteiger partial charge in [-0.05, 0) is 57.2 Å². The molecule has 5 rings (SSSR count). The summed E-state index contributed by atoms with van der Waals surface area (Å²) >= 11 is 0. The molecule has 0 bridgehead atoms. The van der Waals surface area contributed by atoms with Crippen LogP contribution in [0.5, 0.6) is 17.2 Å². The van der Waals surface area contributed by atoms with Crippen LogP contribution in [-0.4, -0.2) is 15.3 Å². The molecule has 0 spiro atoms. The molecule has 0 saturated carbocycles. The maximum atomic E-state index is 8.63. The van der Waals surface area contributed by atoms with Crippen molar-refractivity contribution in [2.75, 3.05) is 0 Å². The van der Waals surface area contributed by atoms with Gasteiger partial charge in [0.05, 0.1) is 0 Å². The molecule has 3 heteroatoms. The van der Waals surface area contributed by atoms with Crippen LogP contribution in [0.3, 0.4) is 0 Å². The van der Waals surface area contributed by atoms with Crippen LogP contribution in [0.15, 0.2) is 146 Å². The van der Waals surface area contributed by atoms with E-state index in [9.17, 15) is 0 Å².